The Kier molecular flexibility index (Phi) is 5.08. The van der Waals surface area contributed by atoms with Gasteiger partial charge in [-0.3, -0.25) is 4.79 Å². The highest BCUT2D eigenvalue weighted by Gasteiger charge is 2.22. The molecule has 4 nitrogen and oxygen atoms in total. The van der Waals surface area contributed by atoms with Gasteiger partial charge in [0, 0.05) is 30.7 Å². The van der Waals surface area contributed by atoms with Gasteiger partial charge in [-0.05, 0) is 31.0 Å². The fourth-order valence-electron chi connectivity index (χ4n) is 2.49. The van der Waals surface area contributed by atoms with E-state index in [0.717, 1.165) is 31.6 Å². The van der Waals surface area contributed by atoms with E-state index in [4.69, 9.17) is 16.9 Å². The summed E-state index contributed by atoms with van der Waals surface area (Å²) in [6.07, 6.45) is 2.03. The van der Waals surface area contributed by atoms with Gasteiger partial charge in [-0.2, -0.15) is 5.26 Å². The zero-order valence-electron chi connectivity index (χ0n) is 12.4. The van der Waals surface area contributed by atoms with Crippen molar-refractivity contribution < 1.29 is 4.79 Å². The van der Waals surface area contributed by atoms with E-state index in [-0.39, 0.29) is 17.9 Å². The first-order chi connectivity index (χ1) is 10.0. The number of hydrogen-bond donors (Lipinski definition) is 1. The quantitative estimate of drug-likeness (QED) is 0.934. The molecule has 1 aromatic carbocycles. The fourth-order valence-corrected chi connectivity index (χ4v) is 2.71. The number of halogens is 1. The molecular weight excluding hydrogens is 286 g/mol. The Labute approximate surface area is 130 Å². The highest BCUT2D eigenvalue weighted by Crippen LogP contribution is 2.25. The fraction of sp³-hybridized carbons (Fsp3) is 0.500. The Morgan fingerprint density at radius 2 is 2.29 bits per heavy atom. The maximum Gasteiger partial charge on any atom is 0.222 e. The van der Waals surface area contributed by atoms with Gasteiger partial charge in [0.25, 0.3) is 0 Å². The summed E-state index contributed by atoms with van der Waals surface area (Å²) in [5, 5.41) is 12.5. The number of nitrogens with zero attached hydrogens (tertiary/aromatic N) is 2. The smallest absolute Gasteiger partial charge is 0.222 e. The Hall–Kier alpha value is -1.73. The van der Waals surface area contributed by atoms with Crippen molar-refractivity contribution in [2.45, 2.75) is 32.7 Å². The van der Waals surface area contributed by atoms with Gasteiger partial charge in [0.1, 0.15) is 6.07 Å². The number of benzene rings is 1. The van der Waals surface area contributed by atoms with E-state index < -0.39 is 0 Å². The molecule has 1 heterocycles. The van der Waals surface area contributed by atoms with Crippen molar-refractivity contribution in [3.63, 3.8) is 0 Å². The number of anilines is 1. The number of hydrogen-bond acceptors (Lipinski definition) is 3. The van der Waals surface area contributed by atoms with Crippen molar-refractivity contribution in [3.05, 3.63) is 28.8 Å². The minimum atomic E-state index is 0.00438. The van der Waals surface area contributed by atoms with Crippen molar-refractivity contribution in [2.24, 2.45) is 5.92 Å². The monoisotopic (exact) mass is 305 g/mol. The van der Waals surface area contributed by atoms with Crippen LogP contribution in [0.15, 0.2) is 18.2 Å². The molecule has 0 bridgehead atoms. The van der Waals surface area contributed by atoms with Gasteiger partial charge in [0.05, 0.1) is 10.6 Å². The molecule has 1 unspecified atom stereocenters. The largest absolute Gasteiger partial charge is 0.369 e. The SMILES string of the molecule is CC(C)C(=O)NC1CCCN(c2ccc(C#N)c(Cl)c2)C1. The number of rotatable bonds is 3. The molecule has 1 saturated heterocycles. The van der Waals surface area contributed by atoms with Gasteiger partial charge in [-0.25, -0.2) is 0 Å². The van der Waals surface area contributed by atoms with E-state index in [1.165, 1.54) is 0 Å². The number of piperidine rings is 1. The first-order valence-corrected chi connectivity index (χ1v) is 7.64. The molecule has 0 aromatic heterocycles. The van der Waals surface area contributed by atoms with Gasteiger partial charge < -0.3 is 10.2 Å². The molecule has 1 aliphatic heterocycles. The van der Waals surface area contributed by atoms with Crippen LogP contribution in [0, 0.1) is 17.2 Å². The second-order valence-electron chi connectivity index (χ2n) is 5.72. The van der Waals surface area contributed by atoms with Gasteiger partial charge in [-0.1, -0.05) is 25.4 Å². The predicted molar refractivity (Wildman–Crippen MR) is 84.4 cm³/mol. The third-order valence-corrected chi connectivity index (χ3v) is 4.04. The molecule has 2 rings (SSSR count). The minimum Gasteiger partial charge on any atom is -0.369 e. The molecule has 1 N–H and O–H groups in total. The Morgan fingerprint density at radius 3 is 2.90 bits per heavy atom. The zero-order chi connectivity index (χ0) is 15.4. The molecule has 0 radical (unpaired) electrons. The highest BCUT2D eigenvalue weighted by atomic mass is 35.5. The first-order valence-electron chi connectivity index (χ1n) is 7.26. The van der Waals surface area contributed by atoms with Crippen molar-refractivity contribution in [1.82, 2.24) is 5.32 Å². The Balaban J connectivity index is 2.06. The molecule has 1 aliphatic rings. The van der Waals surface area contributed by atoms with Crippen LogP contribution in [0.3, 0.4) is 0 Å². The summed E-state index contributed by atoms with van der Waals surface area (Å²) >= 11 is 6.09. The van der Waals surface area contributed by atoms with Crippen LogP contribution in [0.2, 0.25) is 5.02 Å². The number of carbonyl (C=O) groups is 1. The van der Waals surface area contributed by atoms with Crippen molar-refractivity contribution in [3.8, 4) is 6.07 Å². The van der Waals surface area contributed by atoms with Crippen LogP contribution in [-0.4, -0.2) is 25.0 Å². The average Bonchev–Trinajstić information content (AvgIpc) is 2.47. The van der Waals surface area contributed by atoms with Crippen LogP contribution in [0.4, 0.5) is 5.69 Å². The number of carbonyl (C=O) groups excluding carboxylic acids is 1. The molecular formula is C16H20ClN3O. The topological polar surface area (TPSA) is 56.1 Å². The van der Waals surface area contributed by atoms with E-state index in [0.29, 0.717) is 10.6 Å². The third kappa shape index (κ3) is 3.89. The molecule has 0 aliphatic carbocycles. The van der Waals surface area contributed by atoms with E-state index in [9.17, 15) is 4.79 Å². The van der Waals surface area contributed by atoms with Gasteiger partial charge in [0.2, 0.25) is 5.91 Å². The zero-order valence-corrected chi connectivity index (χ0v) is 13.2. The summed E-state index contributed by atoms with van der Waals surface area (Å²) in [6, 6.07) is 7.72. The van der Waals surface area contributed by atoms with Crippen molar-refractivity contribution in [1.29, 1.82) is 5.26 Å². The summed E-state index contributed by atoms with van der Waals surface area (Å²) in [5.74, 6) is 0.101. The van der Waals surface area contributed by atoms with Crippen LogP contribution < -0.4 is 10.2 Å². The van der Waals surface area contributed by atoms with Crippen LogP contribution in [0.5, 0.6) is 0 Å². The van der Waals surface area contributed by atoms with Crippen LogP contribution in [0.1, 0.15) is 32.3 Å². The van der Waals surface area contributed by atoms with Gasteiger partial charge in [0.15, 0.2) is 0 Å². The van der Waals surface area contributed by atoms with Crippen molar-refractivity contribution in [2.75, 3.05) is 18.0 Å². The molecule has 1 amide bonds. The molecule has 5 heteroatoms. The lowest BCUT2D eigenvalue weighted by Crippen LogP contribution is -2.48. The first kappa shape index (κ1) is 15.7. The van der Waals surface area contributed by atoms with E-state index in [1.807, 2.05) is 26.0 Å². The Morgan fingerprint density at radius 1 is 1.52 bits per heavy atom. The minimum absolute atomic E-state index is 0.00438. The second-order valence-corrected chi connectivity index (χ2v) is 6.13. The molecule has 21 heavy (non-hydrogen) atoms. The summed E-state index contributed by atoms with van der Waals surface area (Å²) in [5.41, 5.74) is 1.49. The lowest BCUT2D eigenvalue weighted by molar-refractivity contribution is -0.124. The summed E-state index contributed by atoms with van der Waals surface area (Å²) in [4.78, 5) is 14.0. The second kappa shape index (κ2) is 6.82. The van der Waals surface area contributed by atoms with E-state index in [1.54, 1.807) is 6.07 Å². The highest BCUT2D eigenvalue weighted by molar-refractivity contribution is 6.32. The van der Waals surface area contributed by atoms with Crippen LogP contribution in [0.25, 0.3) is 0 Å². The maximum atomic E-state index is 11.8. The normalized spacial score (nSPS) is 18.4. The number of nitriles is 1. The van der Waals surface area contributed by atoms with E-state index >= 15 is 0 Å². The van der Waals surface area contributed by atoms with Crippen LogP contribution in [-0.2, 0) is 4.79 Å². The molecule has 112 valence electrons. The average molecular weight is 306 g/mol. The predicted octanol–water partition coefficient (Wildman–Crippen LogP) is 2.95. The molecule has 0 spiro atoms. The van der Waals surface area contributed by atoms with Gasteiger partial charge >= 0.3 is 0 Å². The lowest BCUT2D eigenvalue weighted by atomic mass is 10.0. The van der Waals surface area contributed by atoms with Crippen LogP contribution >= 0.6 is 11.6 Å². The Bertz CT molecular complexity index is 565. The lowest BCUT2D eigenvalue weighted by Gasteiger charge is -2.35. The number of amides is 1. The van der Waals surface area contributed by atoms with Gasteiger partial charge in [-0.15, -0.1) is 0 Å². The maximum absolute atomic E-state index is 11.8. The molecule has 1 fully saturated rings. The number of nitrogens with one attached hydrogen (secondary N) is 1. The molecule has 1 aromatic rings. The summed E-state index contributed by atoms with van der Waals surface area (Å²) < 4.78 is 0. The van der Waals surface area contributed by atoms with E-state index in [2.05, 4.69) is 16.3 Å². The molecule has 1 atom stereocenters. The standard InChI is InChI=1S/C16H20ClN3O/c1-11(2)16(21)19-13-4-3-7-20(10-13)14-6-5-12(9-18)15(17)8-14/h5-6,8,11,13H,3-4,7,10H2,1-2H3,(H,19,21). The van der Waals surface area contributed by atoms with Crippen molar-refractivity contribution >= 4 is 23.2 Å². The third-order valence-electron chi connectivity index (χ3n) is 3.73. The summed E-state index contributed by atoms with van der Waals surface area (Å²) in [7, 11) is 0. The summed E-state index contributed by atoms with van der Waals surface area (Å²) in [6.45, 7) is 5.52. The molecule has 0 saturated carbocycles.